The summed E-state index contributed by atoms with van der Waals surface area (Å²) in [5, 5.41) is 0. The zero-order valence-electron chi connectivity index (χ0n) is 21.5. The molecule has 0 aromatic heterocycles. The molecule has 1 saturated heterocycles. The van der Waals surface area contributed by atoms with Gasteiger partial charge >= 0.3 is 24.5 Å². The number of halogens is 9. The third-order valence-electron chi connectivity index (χ3n) is 8.32. The Labute approximate surface area is 225 Å². The number of nitrogens with zero attached hydrogens (tertiary/aromatic N) is 1. The monoisotopic (exact) mass is 581 g/mol. The summed E-state index contributed by atoms with van der Waals surface area (Å²) in [5.74, 6) is -0.665. The van der Waals surface area contributed by atoms with Gasteiger partial charge in [-0.2, -0.15) is 39.5 Å². The van der Waals surface area contributed by atoms with Gasteiger partial charge in [0.15, 0.2) is 0 Å². The minimum Gasteiger partial charge on any atom is -0.469 e. The summed E-state index contributed by atoms with van der Waals surface area (Å²) >= 11 is 0. The van der Waals surface area contributed by atoms with E-state index in [-0.39, 0.29) is 18.9 Å². The molecule has 2 aromatic carbocycles. The minimum absolute atomic E-state index is 0.128. The molecule has 1 saturated carbocycles. The van der Waals surface area contributed by atoms with E-state index in [9.17, 15) is 44.3 Å². The number of methoxy groups -OCH3 is 1. The highest BCUT2D eigenvalue weighted by Crippen LogP contribution is 2.52. The molecule has 1 aliphatic heterocycles. The molecule has 0 radical (unpaired) electrons. The van der Waals surface area contributed by atoms with Gasteiger partial charge in [-0.15, -0.1) is 0 Å². The topological polar surface area (TPSA) is 29.5 Å². The third-order valence-corrected chi connectivity index (χ3v) is 8.32. The molecular weight excluding hydrogens is 553 g/mol. The van der Waals surface area contributed by atoms with Crippen LogP contribution in [0.2, 0.25) is 0 Å². The van der Waals surface area contributed by atoms with Gasteiger partial charge in [0.25, 0.3) is 0 Å². The molecule has 2 aliphatic rings. The molecule has 0 unspecified atom stereocenters. The first-order valence-corrected chi connectivity index (χ1v) is 12.8. The van der Waals surface area contributed by atoms with E-state index in [0.717, 1.165) is 25.0 Å². The van der Waals surface area contributed by atoms with Crippen LogP contribution in [0.5, 0.6) is 0 Å². The number of likely N-dealkylation sites (tertiary alicyclic amines) is 1. The van der Waals surface area contributed by atoms with E-state index < -0.39 is 64.8 Å². The first-order chi connectivity index (χ1) is 18.6. The second kappa shape index (κ2) is 10.9. The lowest BCUT2D eigenvalue weighted by Crippen LogP contribution is -2.45. The summed E-state index contributed by atoms with van der Waals surface area (Å²) in [6.45, 7) is -0.384. The molecule has 0 amide bonds. The second-order valence-electron chi connectivity index (χ2n) is 10.5. The van der Waals surface area contributed by atoms with Crippen molar-refractivity contribution < 1.29 is 49.0 Å². The van der Waals surface area contributed by atoms with Crippen molar-refractivity contribution in [2.24, 2.45) is 11.3 Å². The van der Waals surface area contributed by atoms with E-state index in [1.165, 1.54) is 19.2 Å². The molecular formula is C28H28F9NO2. The average Bonchev–Trinajstić information content (AvgIpc) is 3.38. The summed E-state index contributed by atoms with van der Waals surface area (Å²) < 4.78 is 126. The smallest absolute Gasteiger partial charge is 0.416 e. The van der Waals surface area contributed by atoms with Gasteiger partial charge in [0.05, 0.1) is 29.2 Å². The predicted molar refractivity (Wildman–Crippen MR) is 127 cm³/mol. The molecule has 220 valence electrons. The van der Waals surface area contributed by atoms with Crippen LogP contribution >= 0.6 is 0 Å². The molecule has 1 aliphatic carbocycles. The van der Waals surface area contributed by atoms with Crippen molar-refractivity contribution in [3.63, 3.8) is 0 Å². The Morgan fingerprint density at radius 1 is 0.875 bits per heavy atom. The SMILES string of the molecule is COC(=O)C1([C@H]2CCN(Cc3cc(C(F)(F)F)ccc3C(F)(F)F)[C@@H](c3ccc(C(F)(F)F)cc3)C2)CCCC1. The van der Waals surface area contributed by atoms with E-state index in [1.54, 1.807) is 4.90 Å². The van der Waals surface area contributed by atoms with Crippen LogP contribution in [0.4, 0.5) is 39.5 Å². The molecule has 3 nitrogen and oxygen atoms in total. The lowest BCUT2D eigenvalue weighted by molar-refractivity contribution is -0.158. The van der Waals surface area contributed by atoms with Gasteiger partial charge in [0.2, 0.25) is 0 Å². The Bertz CT molecular complexity index is 1200. The van der Waals surface area contributed by atoms with E-state index in [4.69, 9.17) is 4.74 Å². The van der Waals surface area contributed by atoms with Gasteiger partial charge in [-0.3, -0.25) is 9.69 Å². The Morgan fingerprint density at radius 2 is 1.45 bits per heavy atom. The standard InChI is InChI=1S/C28H28F9NO2/c1-40-24(39)25(11-2-3-12-25)20-10-13-38(23(15-20)17-4-6-19(7-5-17)26(29,30)31)16-18-14-21(27(32,33)34)8-9-22(18)28(35,36)37/h4-9,14,20,23H,2-3,10-13,15-16H2,1H3/t20-,23+/m0/s1. The van der Waals surface area contributed by atoms with Crippen LogP contribution in [0.15, 0.2) is 42.5 Å². The van der Waals surface area contributed by atoms with Gasteiger partial charge in [0.1, 0.15) is 0 Å². The fraction of sp³-hybridized carbons (Fsp3) is 0.536. The Morgan fingerprint density at radius 3 is 1.98 bits per heavy atom. The number of piperidine rings is 1. The van der Waals surface area contributed by atoms with Crippen molar-refractivity contribution in [3.8, 4) is 0 Å². The summed E-state index contributed by atoms with van der Waals surface area (Å²) in [7, 11) is 1.27. The highest BCUT2D eigenvalue weighted by molar-refractivity contribution is 5.77. The molecule has 2 atom stereocenters. The lowest BCUT2D eigenvalue weighted by atomic mass is 9.67. The molecule has 12 heteroatoms. The van der Waals surface area contributed by atoms with E-state index in [0.29, 0.717) is 43.0 Å². The highest BCUT2D eigenvalue weighted by atomic mass is 19.4. The highest BCUT2D eigenvalue weighted by Gasteiger charge is 2.51. The van der Waals surface area contributed by atoms with Gasteiger partial charge in [-0.25, -0.2) is 0 Å². The maximum atomic E-state index is 13.8. The van der Waals surface area contributed by atoms with Crippen LogP contribution in [0.25, 0.3) is 0 Å². The van der Waals surface area contributed by atoms with E-state index in [2.05, 4.69) is 0 Å². The molecule has 2 aromatic rings. The molecule has 1 heterocycles. The van der Waals surface area contributed by atoms with Crippen LogP contribution < -0.4 is 0 Å². The molecule has 0 N–H and O–H groups in total. The first-order valence-electron chi connectivity index (χ1n) is 12.8. The fourth-order valence-electron chi connectivity index (χ4n) is 6.33. The van der Waals surface area contributed by atoms with Gasteiger partial charge in [-0.1, -0.05) is 25.0 Å². The predicted octanol–water partition coefficient (Wildman–Crippen LogP) is 8.43. The maximum Gasteiger partial charge on any atom is 0.416 e. The van der Waals surface area contributed by atoms with Crippen molar-refractivity contribution in [2.45, 2.75) is 69.6 Å². The van der Waals surface area contributed by atoms with E-state index in [1.807, 2.05) is 0 Å². The zero-order valence-corrected chi connectivity index (χ0v) is 21.5. The second-order valence-corrected chi connectivity index (χ2v) is 10.5. The number of hydrogen-bond acceptors (Lipinski definition) is 3. The summed E-state index contributed by atoms with van der Waals surface area (Å²) in [4.78, 5) is 14.5. The van der Waals surface area contributed by atoms with Crippen LogP contribution in [0, 0.1) is 11.3 Å². The molecule has 0 spiro atoms. The normalized spacial score (nSPS) is 22.4. The maximum absolute atomic E-state index is 13.8. The Hall–Kier alpha value is -2.76. The number of rotatable bonds is 5. The minimum atomic E-state index is -4.92. The molecule has 0 bridgehead atoms. The summed E-state index contributed by atoms with van der Waals surface area (Å²) in [6.07, 6.45) is -11.1. The van der Waals surface area contributed by atoms with Crippen molar-refractivity contribution in [2.75, 3.05) is 13.7 Å². The van der Waals surface area contributed by atoms with Crippen LogP contribution in [-0.2, 0) is 34.6 Å². The number of ether oxygens (including phenoxy) is 1. The Kier molecular flexibility index (Phi) is 8.23. The van der Waals surface area contributed by atoms with Gasteiger partial charge in [-0.05, 0) is 79.6 Å². The van der Waals surface area contributed by atoms with Crippen molar-refractivity contribution in [3.05, 3.63) is 70.3 Å². The first kappa shape index (κ1) is 30.2. The van der Waals surface area contributed by atoms with Crippen molar-refractivity contribution in [1.82, 2.24) is 4.90 Å². The number of alkyl halides is 9. The van der Waals surface area contributed by atoms with Crippen molar-refractivity contribution in [1.29, 1.82) is 0 Å². The Balaban J connectivity index is 1.74. The fourth-order valence-corrected chi connectivity index (χ4v) is 6.33. The van der Waals surface area contributed by atoms with Crippen molar-refractivity contribution >= 4 is 5.97 Å². The number of hydrogen-bond donors (Lipinski definition) is 0. The largest absolute Gasteiger partial charge is 0.469 e. The lowest BCUT2D eigenvalue weighted by Gasteiger charge is -2.45. The van der Waals surface area contributed by atoms with E-state index >= 15 is 0 Å². The molecule has 2 fully saturated rings. The molecule has 40 heavy (non-hydrogen) atoms. The van der Waals surface area contributed by atoms with Crippen LogP contribution in [0.1, 0.15) is 72.4 Å². The number of carbonyl (C=O) groups is 1. The summed E-state index contributed by atoms with van der Waals surface area (Å²) in [6, 6.07) is 4.74. The third kappa shape index (κ3) is 6.11. The zero-order chi connectivity index (χ0) is 29.5. The molecule has 4 rings (SSSR count). The van der Waals surface area contributed by atoms with Gasteiger partial charge in [0, 0.05) is 12.6 Å². The average molecular weight is 582 g/mol. The number of esters is 1. The number of carbonyl (C=O) groups excluding carboxylic acids is 1. The summed E-state index contributed by atoms with van der Waals surface area (Å²) in [5.41, 5.74) is -4.38. The van der Waals surface area contributed by atoms with Crippen LogP contribution in [-0.4, -0.2) is 24.5 Å². The number of benzene rings is 2. The quantitative estimate of drug-likeness (QED) is 0.262. The van der Waals surface area contributed by atoms with Crippen LogP contribution in [0.3, 0.4) is 0 Å². The van der Waals surface area contributed by atoms with Gasteiger partial charge < -0.3 is 4.74 Å².